The van der Waals surface area contributed by atoms with E-state index >= 15 is 0 Å². The van der Waals surface area contributed by atoms with Crippen LogP contribution in [-0.4, -0.2) is 44.9 Å². The second-order valence-electron chi connectivity index (χ2n) is 6.46. The maximum atomic E-state index is 13.3. The lowest BCUT2D eigenvalue weighted by molar-refractivity contribution is -0.125. The zero-order valence-electron chi connectivity index (χ0n) is 14.7. The van der Waals surface area contributed by atoms with Crippen LogP contribution in [0.3, 0.4) is 0 Å². The molecule has 2 heterocycles. The van der Waals surface area contributed by atoms with Crippen LogP contribution in [0.1, 0.15) is 24.3 Å². The van der Waals surface area contributed by atoms with Gasteiger partial charge in [-0.2, -0.15) is 9.90 Å². The summed E-state index contributed by atoms with van der Waals surface area (Å²) in [5.74, 6) is -6.14. The number of nitrogens with zero attached hydrogens (tertiary/aromatic N) is 3. The third-order valence-electron chi connectivity index (χ3n) is 4.41. The van der Waals surface area contributed by atoms with Gasteiger partial charge in [0.1, 0.15) is 5.54 Å². The van der Waals surface area contributed by atoms with E-state index in [4.69, 9.17) is 0 Å². The smallest absolute Gasteiger partial charge is 0.322 e. The highest BCUT2D eigenvalue weighted by Crippen LogP contribution is 2.20. The van der Waals surface area contributed by atoms with E-state index in [1.807, 2.05) is 0 Å². The van der Waals surface area contributed by atoms with E-state index in [-0.39, 0.29) is 23.8 Å². The molecular formula is C16H15F3N6O3. The molecule has 1 aromatic carbocycles. The Morgan fingerprint density at radius 2 is 1.89 bits per heavy atom. The van der Waals surface area contributed by atoms with Crippen LogP contribution in [0.4, 0.5) is 18.0 Å². The number of nitrogens with one attached hydrogen (secondary N) is 3. The van der Waals surface area contributed by atoms with Crippen LogP contribution in [0.5, 0.6) is 0 Å². The van der Waals surface area contributed by atoms with Gasteiger partial charge < -0.3 is 10.6 Å². The third-order valence-corrected chi connectivity index (χ3v) is 4.41. The van der Waals surface area contributed by atoms with Gasteiger partial charge in [-0.3, -0.25) is 14.9 Å². The van der Waals surface area contributed by atoms with Crippen molar-refractivity contribution in [3.05, 3.63) is 41.5 Å². The van der Waals surface area contributed by atoms with Crippen molar-refractivity contribution in [3.63, 3.8) is 0 Å². The molecule has 0 aliphatic carbocycles. The van der Waals surface area contributed by atoms with Crippen LogP contribution in [-0.2, 0) is 4.79 Å². The fourth-order valence-corrected chi connectivity index (χ4v) is 2.70. The predicted octanol–water partition coefficient (Wildman–Crippen LogP) is 0.649. The van der Waals surface area contributed by atoms with Gasteiger partial charge in [0.05, 0.1) is 18.4 Å². The molecule has 12 heteroatoms. The molecular weight excluding hydrogens is 381 g/mol. The van der Waals surface area contributed by atoms with Crippen molar-refractivity contribution in [2.75, 3.05) is 6.54 Å². The fourth-order valence-electron chi connectivity index (χ4n) is 2.70. The Morgan fingerprint density at radius 3 is 2.43 bits per heavy atom. The molecule has 0 bridgehead atoms. The number of carbonyl (C=O) groups excluding carboxylic acids is 3. The lowest BCUT2D eigenvalue weighted by Gasteiger charge is -2.30. The average molecular weight is 396 g/mol. The summed E-state index contributed by atoms with van der Waals surface area (Å²) in [6.45, 7) is 3.18. The number of urea groups is 1. The summed E-state index contributed by atoms with van der Waals surface area (Å²) in [6, 6.07) is 0.678. The molecule has 1 aromatic heterocycles. The van der Waals surface area contributed by atoms with Crippen molar-refractivity contribution in [2.45, 2.75) is 19.4 Å². The third kappa shape index (κ3) is 3.28. The van der Waals surface area contributed by atoms with Gasteiger partial charge in [0.15, 0.2) is 23.1 Å². The molecule has 148 valence electrons. The zero-order chi connectivity index (χ0) is 20.6. The summed E-state index contributed by atoms with van der Waals surface area (Å²) >= 11 is 0. The van der Waals surface area contributed by atoms with E-state index in [2.05, 4.69) is 26.1 Å². The maximum Gasteiger partial charge on any atom is 0.322 e. The Morgan fingerprint density at radius 1 is 1.25 bits per heavy atom. The van der Waals surface area contributed by atoms with Crippen molar-refractivity contribution in [1.82, 2.24) is 30.9 Å². The molecule has 3 N–H and O–H groups in total. The van der Waals surface area contributed by atoms with Crippen molar-refractivity contribution >= 4 is 17.8 Å². The first-order valence-corrected chi connectivity index (χ1v) is 8.13. The van der Waals surface area contributed by atoms with Gasteiger partial charge in [-0.05, 0) is 5.92 Å². The molecule has 1 atom stereocenters. The van der Waals surface area contributed by atoms with Crippen LogP contribution in [0.25, 0.3) is 5.69 Å². The number of hydrogen-bond acceptors (Lipinski definition) is 5. The summed E-state index contributed by atoms with van der Waals surface area (Å²) in [7, 11) is 0. The summed E-state index contributed by atoms with van der Waals surface area (Å²) < 4.78 is 39.7. The summed E-state index contributed by atoms with van der Waals surface area (Å²) in [6.07, 6.45) is 1.03. The second-order valence-corrected chi connectivity index (χ2v) is 6.46. The van der Waals surface area contributed by atoms with E-state index in [9.17, 15) is 27.6 Å². The van der Waals surface area contributed by atoms with Gasteiger partial charge in [0.2, 0.25) is 0 Å². The summed E-state index contributed by atoms with van der Waals surface area (Å²) in [5.41, 5.74) is -1.77. The van der Waals surface area contributed by atoms with E-state index in [1.165, 1.54) is 0 Å². The zero-order valence-corrected chi connectivity index (χ0v) is 14.7. The van der Waals surface area contributed by atoms with Gasteiger partial charge in [0.25, 0.3) is 11.8 Å². The number of imide groups is 1. The van der Waals surface area contributed by atoms with Crippen LogP contribution in [0, 0.1) is 23.4 Å². The average Bonchev–Trinajstić information content (AvgIpc) is 3.22. The molecule has 0 spiro atoms. The van der Waals surface area contributed by atoms with Gasteiger partial charge in [-0.1, -0.05) is 13.8 Å². The molecule has 1 saturated heterocycles. The molecule has 9 nitrogen and oxygen atoms in total. The predicted molar refractivity (Wildman–Crippen MR) is 87.8 cm³/mol. The number of rotatable bonds is 5. The molecule has 0 radical (unpaired) electrons. The number of carbonyl (C=O) groups is 3. The molecule has 4 amide bonds. The lowest BCUT2D eigenvalue weighted by Crippen LogP contribution is -2.58. The molecule has 1 fully saturated rings. The van der Waals surface area contributed by atoms with E-state index in [1.54, 1.807) is 13.8 Å². The first kappa shape index (κ1) is 19.3. The minimum atomic E-state index is -1.63. The van der Waals surface area contributed by atoms with Crippen molar-refractivity contribution in [3.8, 4) is 5.69 Å². The minimum Gasteiger partial charge on any atom is -0.348 e. The minimum absolute atomic E-state index is 0.214. The van der Waals surface area contributed by atoms with Crippen LogP contribution in [0.15, 0.2) is 18.3 Å². The molecule has 0 saturated carbocycles. The number of benzene rings is 1. The number of halogens is 3. The lowest BCUT2D eigenvalue weighted by atomic mass is 9.86. The highest BCUT2D eigenvalue weighted by molar-refractivity contribution is 6.07. The largest absolute Gasteiger partial charge is 0.348 e. The van der Waals surface area contributed by atoms with Crippen molar-refractivity contribution in [2.24, 2.45) is 5.92 Å². The fraction of sp³-hybridized carbons (Fsp3) is 0.312. The van der Waals surface area contributed by atoms with E-state index in [0.717, 1.165) is 11.0 Å². The Bertz CT molecular complexity index is 953. The standard InChI is InChI=1S/C16H15F3N6O3/c1-7(2)16(14(27)22-15(28)23-16)6-20-13(26)11-5-21-25(24-11)8-3-9(17)12(19)10(18)4-8/h3-5,7H,6H2,1-2H3,(H,20,26)(H2,22,23,27,28)/t16-/m0/s1. The SMILES string of the molecule is CC(C)[C@]1(CNC(=O)c2cnn(-c3cc(F)c(F)c(F)c3)n2)NC(=O)NC1=O. The second kappa shape index (κ2) is 6.94. The van der Waals surface area contributed by atoms with Gasteiger partial charge in [-0.25, -0.2) is 18.0 Å². The maximum absolute atomic E-state index is 13.3. The van der Waals surface area contributed by atoms with Gasteiger partial charge in [0, 0.05) is 12.1 Å². The highest BCUT2D eigenvalue weighted by atomic mass is 19.2. The molecule has 3 rings (SSSR count). The molecule has 28 heavy (non-hydrogen) atoms. The number of hydrogen-bond donors (Lipinski definition) is 3. The molecule has 1 aliphatic heterocycles. The molecule has 2 aromatic rings. The Balaban J connectivity index is 1.76. The van der Waals surface area contributed by atoms with Gasteiger partial charge in [-0.15, -0.1) is 5.10 Å². The summed E-state index contributed by atoms with van der Waals surface area (Å²) in [4.78, 5) is 36.6. The van der Waals surface area contributed by atoms with E-state index < -0.39 is 40.8 Å². The Labute approximate surface area is 156 Å². The Hall–Kier alpha value is -3.44. The van der Waals surface area contributed by atoms with Crippen LogP contribution < -0.4 is 16.0 Å². The number of amides is 4. The van der Waals surface area contributed by atoms with Crippen LogP contribution >= 0.6 is 0 Å². The van der Waals surface area contributed by atoms with Crippen molar-refractivity contribution < 1.29 is 27.6 Å². The van der Waals surface area contributed by atoms with Crippen molar-refractivity contribution in [1.29, 1.82) is 0 Å². The van der Waals surface area contributed by atoms with E-state index in [0.29, 0.717) is 12.1 Å². The van der Waals surface area contributed by atoms with Gasteiger partial charge >= 0.3 is 6.03 Å². The quantitative estimate of drug-likeness (QED) is 0.507. The first-order valence-electron chi connectivity index (χ1n) is 8.13. The molecule has 0 unspecified atom stereocenters. The number of aromatic nitrogens is 3. The highest BCUT2D eigenvalue weighted by Gasteiger charge is 2.48. The Kier molecular flexibility index (Phi) is 4.79. The summed E-state index contributed by atoms with van der Waals surface area (Å²) in [5, 5.41) is 14.6. The van der Waals surface area contributed by atoms with Crippen LogP contribution in [0.2, 0.25) is 0 Å². The monoisotopic (exact) mass is 396 g/mol. The molecule has 1 aliphatic rings. The topological polar surface area (TPSA) is 118 Å². The first-order chi connectivity index (χ1) is 13.1. The normalized spacial score (nSPS) is 18.9.